The van der Waals surface area contributed by atoms with Crippen molar-refractivity contribution in [1.29, 1.82) is 0 Å². The molecule has 5 nitrogen and oxygen atoms in total. The van der Waals surface area contributed by atoms with Crippen molar-refractivity contribution in [2.45, 2.75) is 187 Å². The molecule has 0 saturated heterocycles. The topological polar surface area (TPSA) is 94.8 Å². The van der Waals surface area contributed by atoms with E-state index in [1.165, 1.54) is 103 Å². The number of aliphatic hydroxyl groups excluding tert-OH is 2. The second-order valence-electron chi connectivity index (χ2n) is 11.4. The van der Waals surface area contributed by atoms with Gasteiger partial charge in [0.1, 0.15) is 5.92 Å². The molecule has 0 aromatic carbocycles. The van der Waals surface area contributed by atoms with Crippen LogP contribution in [-0.4, -0.2) is 39.3 Å². The van der Waals surface area contributed by atoms with E-state index in [0.29, 0.717) is 12.8 Å². The molecule has 0 fully saturated rings. The molecule has 0 bridgehead atoms. The van der Waals surface area contributed by atoms with Gasteiger partial charge in [0.25, 0.3) is 0 Å². The molecule has 0 spiro atoms. The fourth-order valence-electron chi connectivity index (χ4n) is 5.21. The number of aliphatic hydroxyl groups is 2. The molecule has 0 heterocycles. The molecule has 37 heavy (non-hydrogen) atoms. The van der Waals surface area contributed by atoms with Gasteiger partial charge in [-0.2, -0.15) is 0 Å². The van der Waals surface area contributed by atoms with E-state index in [-0.39, 0.29) is 6.42 Å². The van der Waals surface area contributed by atoms with Gasteiger partial charge >= 0.3 is 5.97 Å². The number of carbonyl (C=O) groups excluding carboxylic acids is 1. The van der Waals surface area contributed by atoms with Crippen LogP contribution in [0.5, 0.6) is 0 Å². The Bertz CT molecular complexity index is 521. The lowest BCUT2D eigenvalue weighted by atomic mass is 9.89. The Morgan fingerprint density at radius 2 is 0.838 bits per heavy atom. The van der Waals surface area contributed by atoms with Gasteiger partial charge in [-0.25, -0.2) is 0 Å². The van der Waals surface area contributed by atoms with Crippen molar-refractivity contribution in [3.63, 3.8) is 0 Å². The van der Waals surface area contributed by atoms with Gasteiger partial charge < -0.3 is 15.3 Å². The minimum absolute atomic E-state index is 0.177. The van der Waals surface area contributed by atoms with Crippen molar-refractivity contribution < 1.29 is 24.9 Å². The second kappa shape index (κ2) is 26.7. The molecule has 0 aromatic rings. The Hall–Kier alpha value is -0.940. The number of carbonyl (C=O) groups is 2. The highest BCUT2D eigenvalue weighted by molar-refractivity contribution is 5.99. The third-order valence-electron chi connectivity index (χ3n) is 7.68. The van der Waals surface area contributed by atoms with E-state index in [4.69, 9.17) is 0 Å². The van der Waals surface area contributed by atoms with E-state index >= 15 is 0 Å². The highest BCUT2D eigenvalue weighted by Gasteiger charge is 2.34. The molecule has 0 amide bonds. The van der Waals surface area contributed by atoms with Gasteiger partial charge in [-0.3, -0.25) is 9.59 Å². The molecule has 3 atom stereocenters. The van der Waals surface area contributed by atoms with Crippen molar-refractivity contribution in [1.82, 2.24) is 0 Å². The van der Waals surface area contributed by atoms with Crippen LogP contribution in [0.2, 0.25) is 0 Å². The summed E-state index contributed by atoms with van der Waals surface area (Å²) in [6.07, 6.45) is 25.2. The normalized spacial score (nSPS) is 13.9. The monoisotopic (exact) mass is 526 g/mol. The number of hydrogen-bond acceptors (Lipinski definition) is 4. The van der Waals surface area contributed by atoms with Crippen LogP contribution in [0.15, 0.2) is 0 Å². The Morgan fingerprint density at radius 3 is 1.19 bits per heavy atom. The molecule has 220 valence electrons. The average Bonchev–Trinajstić information content (AvgIpc) is 2.85. The third kappa shape index (κ3) is 22.7. The maximum Gasteiger partial charge on any atom is 0.316 e. The lowest BCUT2D eigenvalue weighted by Crippen LogP contribution is -2.36. The summed E-state index contributed by atoms with van der Waals surface area (Å²) in [5.41, 5.74) is 0. The number of unbranched alkanes of at least 4 members (excludes halogenated alkanes) is 20. The first kappa shape index (κ1) is 36.1. The third-order valence-corrected chi connectivity index (χ3v) is 7.68. The SMILES string of the molecule is CCCCCCCCCCCCCC(O)CC(=O)C(C(=O)O)C(O)CCCCCCCCCCCCC. The molecule has 3 N–H and O–H groups in total. The zero-order valence-corrected chi connectivity index (χ0v) is 24.6. The molecule has 0 rings (SSSR count). The number of rotatable bonds is 29. The lowest BCUT2D eigenvalue weighted by molar-refractivity contribution is -0.151. The van der Waals surface area contributed by atoms with Gasteiger partial charge in [0.05, 0.1) is 12.2 Å². The maximum absolute atomic E-state index is 12.5. The van der Waals surface area contributed by atoms with Gasteiger partial charge in [0.15, 0.2) is 5.78 Å². The molecule has 0 aliphatic carbocycles. The molecular weight excluding hydrogens is 464 g/mol. The molecule has 0 radical (unpaired) electrons. The highest BCUT2D eigenvalue weighted by Crippen LogP contribution is 2.19. The molecular formula is C32H62O5. The Morgan fingerprint density at radius 1 is 0.514 bits per heavy atom. The number of carboxylic acid groups (broad SMARTS) is 1. The highest BCUT2D eigenvalue weighted by atomic mass is 16.4. The van der Waals surface area contributed by atoms with Gasteiger partial charge in [-0.15, -0.1) is 0 Å². The van der Waals surface area contributed by atoms with Gasteiger partial charge in [-0.05, 0) is 12.8 Å². The summed E-state index contributed by atoms with van der Waals surface area (Å²) in [4.78, 5) is 24.2. The molecule has 5 heteroatoms. The Labute approximate surface area is 229 Å². The number of aliphatic carboxylic acids is 1. The zero-order valence-electron chi connectivity index (χ0n) is 24.6. The van der Waals surface area contributed by atoms with E-state index in [9.17, 15) is 24.9 Å². The largest absolute Gasteiger partial charge is 0.481 e. The van der Waals surface area contributed by atoms with Gasteiger partial charge in [0, 0.05) is 6.42 Å². The summed E-state index contributed by atoms with van der Waals surface area (Å²) in [5, 5.41) is 30.2. The Kier molecular flexibility index (Phi) is 26.0. The predicted molar refractivity (Wildman–Crippen MR) is 155 cm³/mol. The van der Waals surface area contributed by atoms with Crippen LogP contribution in [-0.2, 0) is 9.59 Å². The van der Waals surface area contributed by atoms with Gasteiger partial charge in [0.2, 0.25) is 0 Å². The van der Waals surface area contributed by atoms with E-state index < -0.39 is 29.9 Å². The van der Waals surface area contributed by atoms with Crippen molar-refractivity contribution in [3.8, 4) is 0 Å². The fourth-order valence-corrected chi connectivity index (χ4v) is 5.21. The first-order valence-electron chi connectivity index (χ1n) is 16.1. The zero-order chi connectivity index (χ0) is 27.6. The summed E-state index contributed by atoms with van der Waals surface area (Å²) in [6, 6.07) is 0. The summed E-state index contributed by atoms with van der Waals surface area (Å²) >= 11 is 0. The number of Topliss-reactive ketones (excluding diaryl/α,β-unsaturated/α-hetero) is 1. The van der Waals surface area contributed by atoms with Crippen molar-refractivity contribution in [3.05, 3.63) is 0 Å². The summed E-state index contributed by atoms with van der Waals surface area (Å²) in [7, 11) is 0. The molecule has 0 saturated carbocycles. The maximum atomic E-state index is 12.5. The van der Waals surface area contributed by atoms with Crippen LogP contribution in [0.25, 0.3) is 0 Å². The Balaban J connectivity index is 3.89. The molecule has 0 aliphatic heterocycles. The number of carboxylic acids is 1. The van der Waals surface area contributed by atoms with Crippen molar-refractivity contribution in [2.24, 2.45) is 5.92 Å². The quantitative estimate of drug-likeness (QED) is 0.0668. The first-order chi connectivity index (χ1) is 17.9. The minimum atomic E-state index is -1.42. The van der Waals surface area contributed by atoms with Crippen LogP contribution in [0.4, 0.5) is 0 Å². The number of ketones is 1. The summed E-state index contributed by atoms with van der Waals surface area (Å²) in [6.45, 7) is 4.47. The minimum Gasteiger partial charge on any atom is -0.481 e. The predicted octanol–water partition coefficient (Wildman–Crippen LogP) is 8.77. The molecule has 0 aromatic heterocycles. The van der Waals surface area contributed by atoms with E-state index in [1.807, 2.05) is 0 Å². The number of hydrogen-bond donors (Lipinski definition) is 3. The first-order valence-corrected chi connectivity index (χ1v) is 16.1. The van der Waals surface area contributed by atoms with Gasteiger partial charge in [-0.1, -0.05) is 155 Å². The second-order valence-corrected chi connectivity index (χ2v) is 11.4. The van der Waals surface area contributed by atoms with Crippen molar-refractivity contribution in [2.75, 3.05) is 0 Å². The average molecular weight is 527 g/mol. The van der Waals surface area contributed by atoms with E-state index in [2.05, 4.69) is 13.8 Å². The van der Waals surface area contributed by atoms with Crippen LogP contribution >= 0.6 is 0 Å². The fraction of sp³-hybridized carbons (Fsp3) is 0.938. The smallest absolute Gasteiger partial charge is 0.316 e. The summed E-state index contributed by atoms with van der Waals surface area (Å²) < 4.78 is 0. The van der Waals surface area contributed by atoms with Crippen LogP contribution in [0.1, 0.15) is 174 Å². The standard InChI is InChI=1S/C32H62O5/c1-3-5-7-9-11-13-15-17-19-21-23-25-28(33)27-30(35)31(32(36)37)29(34)26-24-22-20-18-16-14-12-10-8-6-4-2/h28-29,31,33-34H,3-27H2,1-2H3,(H,36,37). The molecule has 3 unspecified atom stereocenters. The van der Waals surface area contributed by atoms with Crippen LogP contribution in [0.3, 0.4) is 0 Å². The van der Waals surface area contributed by atoms with Crippen LogP contribution in [0, 0.1) is 5.92 Å². The van der Waals surface area contributed by atoms with E-state index in [1.54, 1.807) is 0 Å². The van der Waals surface area contributed by atoms with Crippen LogP contribution < -0.4 is 0 Å². The van der Waals surface area contributed by atoms with E-state index in [0.717, 1.165) is 38.5 Å². The molecule has 0 aliphatic rings. The summed E-state index contributed by atoms with van der Waals surface area (Å²) in [5.74, 6) is -3.24. The lowest BCUT2D eigenvalue weighted by Gasteiger charge is -2.19. The van der Waals surface area contributed by atoms with Crippen molar-refractivity contribution >= 4 is 11.8 Å².